The highest BCUT2D eigenvalue weighted by molar-refractivity contribution is 6.04. The average molecular weight is 315 g/mol. The van der Waals surface area contributed by atoms with Gasteiger partial charge in [-0.05, 0) is 61.8 Å². The van der Waals surface area contributed by atoms with E-state index in [2.05, 4.69) is 19.3 Å². The van der Waals surface area contributed by atoms with E-state index in [1.807, 2.05) is 25.0 Å². The molecule has 1 saturated carbocycles. The number of aliphatic imine (C=N–C) groups is 1. The summed E-state index contributed by atoms with van der Waals surface area (Å²) < 4.78 is 0. The van der Waals surface area contributed by atoms with Crippen molar-refractivity contribution >= 4 is 11.8 Å². The Morgan fingerprint density at radius 1 is 1.39 bits per heavy atom. The van der Waals surface area contributed by atoms with Crippen LogP contribution in [-0.2, 0) is 0 Å². The van der Waals surface area contributed by atoms with Gasteiger partial charge in [0.1, 0.15) is 12.0 Å². The summed E-state index contributed by atoms with van der Waals surface area (Å²) in [7, 11) is 1.98. The molecular weight excluding hydrogens is 290 g/mol. The SMILES string of the molecule is CCC1N=C(c2cc(C(=O)O)c(C)c(C)c2C2CCC2)NN1C. The largest absolute Gasteiger partial charge is 0.478 e. The Kier molecular flexibility index (Phi) is 4.15. The highest BCUT2D eigenvalue weighted by atomic mass is 16.4. The summed E-state index contributed by atoms with van der Waals surface area (Å²) in [5.74, 6) is 0.472. The van der Waals surface area contributed by atoms with Gasteiger partial charge in [0.2, 0.25) is 0 Å². The molecule has 0 saturated heterocycles. The Hall–Kier alpha value is -1.88. The Morgan fingerprint density at radius 3 is 2.57 bits per heavy atom. The fourth-order valence-corrected chi connectivity index (χ4v) is 3.58. The van der Waals surface area contributed by atoms with Crippen molar-refractivity contribution in [1.29, 1.82) is 0 Å². The monoisotopic (exact) mass is 315 g/mol. The lowest BCUT2D eigenvalue weighted by atomic mass is 9.74. The first-order valence-corrected chi connectivity index (χ1v) is 8.39. The third-order valence-electron chi connectivity index (χ3n) is 5.32. The van der Waals surface area contributed by atoms with Crippen LogP contribution in [0.4, 0.5) is 0 Å². The van der Waals surface area contributed by atoms with Crippen LogP contribution in [0.25, 0.3) is 0 Å². The summed E-state index contributed by atoms with van der Waals surface area (Å²) in [6.45, 7) is 6.07. The number of nitrogens with one attached hydrogen (secondary N) is 1. The number of hydrazine groups is 1. The topological polar surface area (TPSA) is 64.9 Å². The molecule has 2 N–H and O–H groups in total. The lowest BCUT2D eigenvalue weighted by Gasteiger charge is -2.31. The number of amidine groups is 1. The van der Waals surface area contributed by atoms with E-state index in [4.69, 9.17) is 4.99 Å². The van der Waals surface area contributed by atoms with E-state index in [0.29, 0.717) is 11.5 Å². The zero-order chi connectivity index (χ0) is 16.7. The third kappa shape index (κ3) is 2.63. The van der Waals surface area contributed by atoms with Gasteiger partial charge in [0.15, 0.2) is 0 Å². The molecule has 5 heteroatoms. The summed E-state index contributed by atoms with van der Waals surface area (Å²) in [4.78, 5) is 16.4. The van der Waals surface area contributed by atoms with Gasteiger partial charge in [-0.2, -0.15) is 0 Å². The summed E-state index contributed by atoms with van der Waals surface area (Å²) in [6.07, 6.45) is 4.64. The molecule has 0 radical (unpaired) electrons. The molecule has 1 heterocycles. The zero-order valence-corrected chi connectivity index (χ0v) is 14.3. The Labute approximate surface area is 137 Å². The van der Waals surface area contributed by atoms with E-state index in [1.54, 1.807) is 0 Å². The quantitative estimate of drug-likeness (QED) is 0.895. The van der Waals surface area contributed by atoms with Gasteiger partial charge in [0.25, 0.3) is 0 Å². The average Bonchev–Trinajstić information content (AvgIpc) is 2.82. The normalized spacial score (nSPS) is 21.7. The summed E-state index contributed by atoms with van der Waals surface area (Å²) >= 11 is 0. The number of nitrogens with zero attached hydrogens (tertiary/aromatic N) is 2. The molecule has 0 bridgehead atoms. The van der Waals surface area contributed by atoms with E-state index in [1.165, 1.54) is 24.8 Å². The fraction of sp³-hybridized carbons (Fsp3) is 0.556. The van der Waals surface area contributed by atoms with E-state index in [-0.39, 0.29) is 6.17 Å². The molecule has 0 aromatic heterocycles. The van der Waals surface area contributed by atoms with E-state index in [0.717, 1.165) is 28.9 Å². The van der Waals surface area contributed by atoms with Crippen LogP contribution in [0.15, 0.2) is 11.1 Å². The van der Waals surface area contributed by atoms with Gasteiger partial charge in [-0.3, -0.25) is 0 Å². The summed E-state index contributed by atoms with van der Waals surface area (Å²) in [5, 5.41) is 11.5. The molecule has 0 spiro atoms. The zero-order valence-electron chi connectivity index (χ0n) is 14.3. The van der Waals surface area contributed by atoms with Crippen LogP contribution in [0.1, 0.15) is 71.1 Å². The minimum Gasteiger partial charge on any atom is -0.478 e. The molecule has 5 nitrogen and oxygen atoms in total. The number of benzene rings is 1. The van der Waals surface area contributed by atoms with E-state index in [9.17, 15) is 9.90 Å². The number of hydrogen-bond donors (Lipinski definition) is 2. The van der Waals surface area contributed by atoms with Crippen molar-refractivity contribution in [2.75, 3.05) is 7.05 Å². The third-order valence-corrected chi connectivity index (χ3v) is 5.32. The van der Waals surface area contributed by atoms with Crippen molar-refractivity contribution < 1.29 is 9.90 Å². The summed E-state index contributed by atoms with van der Waals surface area (Å²) in [5.41, 5.74) is 7.94. The van der Waals surface area contributed by atoms with Gasteiger partial charge in [0.05, 0.1) is 5.56 Å². The first-order chi connectivity index (χ1) is 10.9. The molecule has 1 atom stereocenters. The smallest absolute Gasteiger partial charge is 0.335 e. The maximum atomic E-state index is 11.6. The van der Waals surface area contributed by atoms with Gasteiger partial charge >= 0.3 is 5.97 Å². The highest BCUT2D eigenvalue weighted by Gasteiger charge is 2.31. The Bertz CT molecular complexity index is 677. The number of carboxylic acid groups (broad SMARTS) is 1. The van der Waals surface area contributed by atoms with Crippen LogP contribution in [0.5, 0.6) is 0 Å². The minimum absolute atomic E-state index is 0.106. The van der Waals surface area contributed by atoms with Crippen molar-refractivity contribution in [1.82, 2.24) is 10.4 Å². The van der Waals surface area contributed by atoms with E-state index < -0.39 is 5.97 Å². The standard InChI is InChI=1S/C18H25N3O2/c1-5-15-19-17(20-21(15)4)14-9-13(18(22)23)10(2)11(3)16(14)12-7-6-8-12/h9,12,15H,5-8H2,1-4H3,(H,19,20)(H,22,23). The predicted molar refractivity (Wildman–Crippen MR) is 91.0 cm³/mol. The second-order valence-corrected chi connectivity index (χ2v) is 6.66. The first-order valence-electron chi connectivity index (χ1n) is 8.39. The molecule has 1 aliphatic heterocycles. The Balaban J connectivity index is 2.16. The molecule has 23 heavy (non-hydrogen) atoms. The van der Waals surface area contributed by atoms with Gasteiger partial charge in [0, 0.05) is 12.6 Å². The van der Waals surface area contributed by atoms with Crippen molar-refractivity contribution in [3.63, 3.8) is 0 Å². The van der Waals surface area contributed by atoms with Crippen LogP contribution in [0.2, 0.25) is 0 Å². The molecule has 3 rings (SSSR count). The summed E-state index contributed by atoms with van der Waals surface area (Å²) in [6, 6.07) is 1.82. The van der Waals surface area contributed by atoms with Crippen LogP contribution in [0, 0.1) is 13.8 Å². The van der Waals surface area contributed by atoms with Gasteiger partial charge < -0.3 is 10.5 Å². The molecule has 1 fully saturated rings. The molecule has 1 aromatic carbocycles. The lowest BCUT2D eigenvalue weighted by Crippen LogP contribution is -2.38. The maximum Gasteiger partial charge on any atom is 0.335 e. The van der Waals surface area contributed by atoms with Crippen LogP contribution in [-0.4, -0.2) is 35.1 Å². The van der Waals surface area contributed by atoms with Crippen LogP contribution in [0.3, 0.4) is 0 Å². The van der Waals surface area contributed by atoms with Gasteiger partial charge in [-0.15, -0.1) is 0 Å². The number of carboxylic acids is 1. The molecule has 1 aliphatic carbocycles. The van der Waals surface area contributed by atoms with E-state index >= 15 is 0 Å². The Morgan fingerprint density at radius 2 is 2.09 bits per heavy atom. The minimum atomic E-state index is -0.869. The molecular formula is C18H25N3O2. The van der Waals surface area contributed by atoms with Gasteiger partial charge in [-0.25, -0.2) is 14.8 Å². The van der Waals surface area contributed by atoms with Crippen LogP contribution >= 0.6 is 0 Å². The second-order valence-electron chi connectivity index (χ2n) is 6.66. The van der Waals surface area contributed by atoms with Crippen molar-refractivity contribution in [2.45, 2.75) is 58.5 Å². The number of carbonyl (C=O) groups is 1. The number of hydrogen-bond acceptors (Lipinski definition) is 4. The van der Waals surface area contributed by atoms with Crippen molar-refractivity contribution in [2.24, 2.45) is 4.99 Å². The lowest BCUT2D eigenvalue weighted by molar-refractivity contribution is 0.0696. The maximum absolute atomic E-state index is 11.6. The molecule has 0 amide bonds. The first kappa shape index (κ1) is 16.0. The second kappa shape index (κ2) is 5.96. The fourth-order valence-electron chi connectivity index (χ4n) is 3.58. The molecule has 1 aromatic rings. The predicted octanol–water partition coefficient (Wildman–Crippen LogP) is 3.20. The van der Waals surface area contributed by atoms with Crippen molar-refractivity contribution in [3.8, 4) is 0 Å². The molecule has 2 aliphatic rings. The van der Waals surface area contributed by atoms with Crippen molar-refractivity contribution in [3.05, 3.63) is 33.9 Å². The highest BCUT2D eigenvalue weighted by Crippen LogP contribution is 2.41. The number of aromatic carboxylic acids is 1. The number of rotatable bonds is 4. The molecule has 124 valence electrons. The van der Waals surface area contributed by atoms with Gasteiger partial charge in [-0.1, -0.05) is 13.3 Å². The van der Waals surface area contributed by atoms with Crippen LogP contribution < -0.4 is 5.43 Å². The molecule has 1 unspecified atom stereocenters.